The van der Waals surface area contributed by atoms with Crippen LogP contribution in [0.1, 0.15) is 53.3 Å². The lowest BCUT2D eigenvalue weighted by Gasteiger charge is -2.27. The lowest BCUT2D eigenvalue weighted by Crippen LogP contribution is -2.42. The molecular weight excluding hydrogens is 842 g/mol. The maximum absolute atomic E-state index is 14.2. The summed E-state index contributed by atoms with van der Waals surface area (Å²) in [6.07, 6.45) is -4.93. The van der Waals surface area contributed by atoms with E-state index in [0.29, 0.717) is 0 Å². The Hall–Kier alpha value is -3.07. The molecule has 4 rings (SSSR count). The standard InChI is InChI=1S/C36H49NO17P4/c1-7-48-55(41,26-58(44,49-8-2)50-9-3)25-57(43,47-6)51-23-30-32(53-35(39)28-16-12-10-13-17-28)33(54-36(40)29-18-14-11-15-19-29)34(52-30)37-21-20-27(22-31(37)38)24-56(42,45-4)46-5/h10-22,30,32-34H,7-9,23-26H2,1-6H3/t30-,32-,33-,34-,55?,57?/m1/s1. The van der Waals surface area contributed by atoms with E-state index in [1.54, 1.807) is 50.2 Å². The first-order valence-electron chi connectivity index (χ1n) is 18.1. The molecule has 0 amide bonds. The monoisotopic (exact) mass is 891 g/mol. The zero-order chi connectivity index (χ0) is 42.6. The molecule has 1 saturated heterocycles. The minimum atomic E-state index is -4.44. The van der Waals surface area contributed by atoms with Crippen LogP contribution < -0.4 is 5.56 Å². The Morgan fingerprint density at radius 3 is 1.64 bits per heavy atom. The summed E-state index contributed by atoms with van der Waals surface area (Å²) >= 11 is 0. The second-order valence-corrected chi connectivity index (χ2v) is 22.5. The molecule has 18 nitrogen and oxygen atoms in total. The van der Waals surface area contributed by atoms with Crippen LogP contribution in [-0.2, 0) is 70.3 Å². The molecule has 0 spiro atoms. The molecule has 0 aliphatic carbocycles. The minimum Gasteiger partial charge on any atom is -0.452 e. The first-order valence-corrected chi connectivity index (χ1v) is 25.3. The summed E-state index contributed by atoms with van der Waals surface area (Å²) in [5, 5.41) is 0. The van der Waals surface area contributed by atoms with Gasteiger partial charge >= 0.3 is 34.7 Å². The van der Waals surface area contributed by atoms with E-state index in [-0.39, 0.29) is 42.7 Å². The van der Waals surface area contributed by atoms with Gasteiger partial charge in [0.25, 0.3) is 5.56 Å². The summed E-state index contributed by atoms with van der Waals surface area (Å²) in [6.45, 7) is 3.79. The number of hydrogen-bond donors (Lipinski definition) is 0. The molecule has 2 heterocycles. The number of carbonyl (C=O) groups excluding carboxylic acids is 2. The van der Waals surface area contributed by atoms with E-state index in [0.717, 1.165) is 17.7 Å². The molecule has 2 unspecified atom stereocenters. The average molecular weight is 892 g/mol. The summed E-state index contributed by atoms with van der Waals surface area (Å²) in [4.78, 5) is 40.9. The van der Waals surface area contributed by atoms with Gasteiger partial charge in [-0.05, 0) is 56.7 Å². The highest BCUT2D eigenvalue weighted by Gasteiger charge is 2.52. The zero-order valence-electron chi connectivity index (χ0n) is 32.9. The maximum Gasteiger partial charge on any atom is 0.340 e. The van der Waals surface area contributed by atoms with Gasteiger partial charge in [-0.25, -0.2) is 9.59 Å². The number of hydrogen-bond acceptors (Lipinski definition) is 17. The molecule has 2 aromatic carbocycles. The largest absolute Gasteiger partial charge is 0.452 e. The van der Waals surface area contributed by atoms with Gasteiger partial charge in [0.2, 0.25) is 7.37 Å². The first kappa shape index (κ1) is 47.6. The number of nitrogens with zero attached hydrogens (tertiary/aromatic N) is 1. The molecule has 0 N–H and O–H groups in total. The van der Waals surface area contributed by atoms with Gasteiger partial charge in [-0.2, -0.15) is 0 Å². The molecule has 3 aromatic rings. The number of rotatable bonds is 23. The number of aromatic nitrogens is 1. The number of benzene rings is 2. The lowest BCUT2D eigenvalue weighted by atomic mass is 10.1. The van der Waals surface area contributed by atoms with Crippen molar-refractivity contribution in [2.45, 2.75) is 51.5 Å². The van der Waals surface area contributed by atoms with Gasteiger partial charge in [0.1, 0.15) is 17.9 Å². The normalized spacial score (nSPS) is 20.5. The third kappa shape index (κ3) is 12.7. The van der Waals surface area contributed by atoms with Crippen LogP contribution in [0.4, 0.5) is 0 Å². The fraction of sp³-hybridized carbons (Fsp3) is 0.472. The van der Waals surface area contributed by atoms with Crippen LogP contribution in [-0.4, -0.2) is 94.4 Å². The zero-order valence-corrected chi connectivity index (χ0v) is 36.5. The van der Waals surface area contributed by atoms with Crippen LogP contribution in [0.2, 0.25) is 0 Å². The van der Waals surface area contributed by atoms with Crippen LogP contribution in [0, 0.1) is 0 Å². The Balaban J connectivity index is 1.75. The van der Waals surface area contributed by atoms with Gasteiger partial charge in [0, 0.05) is 33.6 Å². The smallest absolute Gasteiger partial charge is 0.340 e. The van der Waals surface area contributed by atoms with E-state index in [4.69, 9.17) is 45.9 Å². The molecule has 0 bridgehead atoms. The summed E-state index contributed by atoms with van der Waals surface area (Å²) in [7, 11) is -12.7. The van der Waals surface area contributed by atoms with Crippen molar-refractivity contribution in [1.29, 1.82) is 0 Å². The fourth-order valence-electron chi connectivity index (χ4n) is 5.87. The molecule has 1 aliphatic heterocycles. The van der Waals surface area contributed by atoms with Gasteiger partial charge in [-0.1, -0.05) is 36.4 Å². The molecule has 22 heteroatoms. The molecule has 0 saturated carbocycles. The Morgan fingerprint density at radius 2 is 1.16 bits per heavy atom. The van der Waals surface area contributed by atoms with Gasteiger partial charge < -0.3 is 45.9 Å². The quantitative estimate of drug-likeness (QED) is 0.0663. The number of ether oxygens (including phenoxy) is 3. The van der Waals surface area contributed by atoms with E-state index < -0.39 is 90.6 Å². The van der Waals surface area contributed by atoms with Crippen molar-refractivity contribution in [2.75, 3.05) is 59.6 Å². The molecule has 1 aliphatic rings. The Kier molecular flexibility index (Phi) is 17.6. The summed E-state index contributed by atoms with van der Waals surface area (Å²) in [5.74, 6) is -3.32. The third-order valence-corrected chi connectivity index (χ3v) is 19.7. The SMILES string of the molecule is CCOP(=O)(CP(=O)(OC)OC[C@H]1O[C@@H](n2ccc(CP(=O)(OC)OC)cc2=O)[C@H](OC(=O)c2ccccc2)[C@@H]1OC(=O)c1ccccc1)CP(=O)(OCC)OCC. The predicted molar refractivity (Wildman–Crippen MR) is 212 cm³/mol. The highest BCUT2D eigenvalue weighted by molar-refractivity contribution is 7.80. The van der Waals surface area contributed by atoms with Gasteiger partial charge in [-0.15, -0.1) is 0 Å². The summed E-state index contributed by atoms with van der Waals surface area (Å²) in [6, 6.07) is 18.4. The van der Waals surface area contributed by atoms with Crippen LogP contribution in [0.25, 0.3) is 0 Å². The molecule has 1 aromatic heterocycles. The molecule has 320 valence electrons. The molecular formula is C36H49NO17P4. The van der Waals surface area contributed by atoms with Crippen LogP contribution >= 0.6 is 30.2 Å². The lowest BCUT2D eigenvalue weighted by molar-refractivity contribution is -0.0581. The topological polar surface area (TPSA) is 217 Å². The van der Waals surface area contributed by atoms with E-state index in [1.165, 1.54) is 57.7 Å². The summed E-state index contributed by atoms with van der Waals surface area (Å²) < 4.78 is 111. The molecule has 0 radical (unpaired) electrons. The number of esters is 2. The van der Waals surface area contributed by atoms with E-state index in [9.17, 15) is 32.6 Å². The molecule has 1 fully saturated rings. The predicted octanol–water partition coefficient (Wildman–Crippen LogP) is 7.53. The van der Waals surface area contributed by atoms with Crippen molar-refractivity contribution in [1.82, 2.24) is 4.57 Å². The highest BCUT2D eigenvalue weighted by Crippen LogP contribution is 2.70. The summed E-state index contributed by atoms with van der Waals surface area (Å²) in [5.41, 5.74) is -0.174. The van der Waals surface area contributed by atoms with Crippen LogP contribution in [0.15, 0.2) is 83.8 Å². The van der Waals surface area contributed by atoms with Gasteiger partial charge in [-0.3, -0.25) is 27.6 Å². The van der Waals surface area contributed by atoms with Crippen LogP contribution in [0.5, 0.6) is 0 Å². The second-order valence-electron chi connectivity index (χ2n) is 12.5. The van der Waals surface area contributed by atoms with Crippen molar-refractivity contribution >= 4 is 42.1 Å². The van der Waals surface area contributed by atoms with Crippen molar-refractivity contribution < 1.29 is 73.7 Å². The number of pyridine rings is 1. The van der Waals surface area contributed by atoms with E-state index in [1.807, 2.05) is 0 Å². The average Bonchev–Trinajstić information content (AvgIpc) is 3.53. The van der Waals surface area contributed by atoms with Crippen molar-refractivity contribution in [3.8, 4) is 0 Å². The Morgan fingerprint density at radius 1 is 0.655 bits per heavy atom. The fourth-order valence-corrected chi connectivity index (χ4v) is 16.2. The maximum atomic E-state index is 14.2. The van der Waals surface area contributed by atoms with Gasteiger partial charge in [0.05, 0.1) is 43.7 Å². The highest BCUT2D eigenvalue weighted by atomic mass is 31.3. The van der Waals surface area contributed by atoms with Gasteiger partial charge in [0.15, 0.2) is 18.4 Å². The second kappa shape index (κ2) is 21.4. The molecule has 6 atom stereocenters. The van der Waals surface area contributed by atoms with E-state index >= 15 is 0 Å². The Labute approximate surface area is 336 Å². The van der Waals surface area contributed by atoms with Crippen molar-refractivity contribution in [2.24, 2.45) is 0 Å². The van der Waals surface area contributed by atoms with Crippen molar-refractivity contribution in [3.63, 3.8) is 0 Å². The van der Waals surface area contributed by atoms with Crippen molar-refractivity contribution in [3.05, 3.63) is 106 Å². The Bertz CT molecular complexity index is 2060. The third-order valence-electron chi connectivity index (χ3n) is 8.52. The minimum absolute atomic E-state index is 0.0337. The number of carbonyl (C=O) groups is 2. The van der Waals surface area contributed by atoms with E-state index in [2.05, 4.69) is 0 Å². The first-order chi connectivity index (χ1) is 27.6. The molecule has 58 heavy (non-hydrogen) atoms. The van der Waals surface area contributed by atoms with Crippen LogP contribution in [0.3, 0.4) is 0 Å².